The molecule has 0 unspecified atom stereocenters. The van der Waals surface area contributed by atoms with Gasteiger partial charge in [0, 0.05) is 35.3 Å². The monoisotopic (exact) mass is 398 g/mol. The van der Waals surface area contributed by atoms with Crippen LogP contribution >= 0.6 is 23.2 Å². The van der Waals surface area contributed by atoms with E-state index in [1.807, 2.05) is 20.8 Å². The van der Waals surface area contributed by atoms with Gasteiger partial charge in [-0.05, 0) is 63.5 Å². The third-order valence-electron chi connectivity index (χ3n) is 3.87. The summed E-state index contributed by atoms with van der Waals surface area (Å²) < 4.78 is 5.37. The van der Waals surface area contributed by atoms with Crippen molar-refractivity contribution in [2.24, 2.45) is 0 Å². The molecule has 1 aliphatic rings. The van der Waals surface area contributed by atoms with Crippen LogP contribution in [0.4, 0.5) is 4.79 Å². The van der Waals surface area contributed by atoms with E-state index in [4.69, 9.17) is 27.9 Å². The zero-order chi connectivity index (χ0) is 19.3. The minimum Gasteiger partial charge on any atom is -0.444 e. The number of nitrogens with one attached hydrogen (secondary N) is 1. The van der Waals surface area contributed by atoms with Crippen molar-refractivity contribution in [2.45, 2.75) is 45.3 Å². The summed E-state index contributed by atoms with van der Waals surface area (Å²) in [6, 6.07) is 5.11. The first-order valence-electron chi connectivity index (χ1n) is 8.55. The summed E-state index contributed by atoms with van der Waals surface area (Å²) in [6.45, 7) is 6.65. The van der Waals surface area contributed by atoms with Crippen molar-refractivity contribution in [2.75, 3.05) is 13.1 Å². The Morgan fingerprint density at radius 2 is 1.88 bits per heavy atom. The Morgan fingerprint density at radius 1 is 1.23 bits per heavy atom. The molecule has 1 heterocycles. The summed E-state index contributed by atoms with van der Waals surface area (Å²) in [5.74, 6) is -0.197. The van der Waals surface area contributed by atoms with Gasteiger partial charge < -0.3 is 15.0 Å². The van der Waals surface area contributed by atoms with Gasteiger partial charge in [0.1, 0.15) is 5.60 Å². The number of ether oxygens (including phenoxy) is 1. The fraction of sp³-hybridized carbons (Fsp3) is 0.474. The zero-order valence-corrected chi connectivity index (χ0v) is 16.7. The van der Waals surface area contributed by atoms with Gasteiger partial charge in [-0.15, -0.1) is 0 Å². The molecule has 7 heteroatoms. The average molecular weight is 399 g/mol. The lowest BCUT2D eigenvalue weighted by Gasteiger charge is -2.33. The van der Waals surface area contributed by atoms with E-state index in [1.165, 1.54) is 6.08 Å². The van der Waals surface area contributed by atoms with Gasteiger partial charge in [-0.2, -0.15) is 0 Å². The van der Waals surface area contributed by atoms with Crippen LogP contribution in [-0.4, -0.2) is 41.6 Å². The molecule has 2 amide bonds. The van der Waals surface area contributed by atoms with Gasteiger partial charge in [0.15, 0.2) is 0 Å². The maximum Gasteiger partial charge on any atom is 0.410 e. The molecule has 142 valence electrons. The highest BCUT2D eigenvalue weighted by molar-refractivity contribution is 6.34. The summed E-state index contributed by atoms with van der Waals surface area (Å²) >= 11 is 12.0. The SMILES string of the molecule is CC(C)(C)OC(=O)N1CCC(NC(=O)/C=C/c2cc(Cl)ccc2Cl)CC1. The normalized spacial score (nSPS) is 16.0. The summed E-state index contributed by atoms with van der Waals surface area (Å²) in [5.41, 5.74) is 0.184. The predicted octanol–water partition coefficient (Wildman–Crippen LogP) is 4.52. The Bertz CT molecular complexity index is 691. The highest BCUT2D eigenvalue weighted by Crippen LogP contribution is 2.22. The van der Waals surface area contributed by atoms with Crippen LogP contribution in [0.2, 0.25) is 10.0 Å². The van der Waals surface area contributed by atoms with Crippen molar-refractivity contribution in [3.63, 3.8) is 0 Å². The molecule has 1 N–H and O–H groups in total. The molecule has 0 saturated carbocycles. The van der Waals surface area contributed by atoms with Crippen LogP contribution < -0.4 is 5.32 Å². The summed E-state index contributed by atoms with van der Waals surface area (Å²) in [6.07, 6.45) is 4.16. The van der Waals surface area contributed by atoms with E-state index in [2.05, 4.69) is 5.32 Å². The fourth-order valence-corrected chi connectivity index (χ4v) is 2.95. The summed E-state index contributed by atoms with van der Waals surface area (Å²) in [7, 11) is 0. The van der Waals surface area contributed by atoms with Gasteiger partial charge in [0.05, 0.1) is 0 Å². The Morgan fingerprint density at radius 3 is 2.50 bits per heavy atom. The smallest absolute Gasteiger partial charge is 0.410 e. The van der Waals surface area contributed by atoms with Crippen molar-refractivity contribution in [3.8, 4) is 0 Å². The van der Waals surface area contributed by atoms with Crippen LogP contribution in [0.25, 0.3) is 6.08 Å². The second-order valence-corrected chi connectivity index (χ2v) is 8.09. The molecular weight excluding hydrogens is 375 g/mol. The topological polar surface area (TPSA) is 58.6 Å². The first kappa shape index (κ1) is 20.6. The van der Waals surface area contributed by atoms with Crippen molar-refractivity contribution < 1.29 is 14.3 Å². The highest BCUT2D eigenvalue weighted by Gasteiger charge is 2.27. The Labute approximate surface area is 164 Å². The highest BCUT2D eigenvalue weighted by atomic mass is 35.5. The first-order chi connectivity index (χ1) is 12.1. The number of hydrogen-bond acceptors (Lipinski definition) is 3. The predicted molar refractivity (Wildman–Crippen MR) is 104 cm³/mol. The number of halogens is 2. The molecule has 5 nitrogen and oxygen atoms in total. The second kappa shape index (κ2) is 8.78. The van der Waals surface area contributed by atoms with E-state index in [0.29, 0.717) is 41.5 Å². The lowest BCUT2D eigenvalue weighted by Crippen LogP contribution is -2.47. The van der Waals surface area contributed by atoms with Crippen molar-refractivity contribution >= 4 is 41.3 Å². The van der Waals surface area contributed by atoms with Gasteiger partial charge in [-0.1, -0.05) is 23.2 Å². The molecule has 1 fully saturated rings. The molecule has 0 atom stereocenters. The lowest BCUT2D eigenvalue weighted by atomic mass is 10.1. The maximum absolute atomic E-state index is 12.1. The van der Waals surface area contributed by atoms with Gasteiger partial charge in [0.2, 0.25) is 5.91 Å². The van der Waals surface area contributed by atoms with Gasteiger partial charge in [0.25, 0.3) is 0 Å². The Hall–Kier alpha value is -1.72. The minimum absolute atomic E-state index is 0.0284. The van der Waals surface area contributed by atoms with Gasteiger partial charge in [-0.25, -0.2) is 4.79 Å². The third-order valence-corrected chi connectivity index (χ3v) is 4.44. The number of amides is 2. The number of carbonyl (C=O) groups excluding carboxylic acids is 2. The minimum atomic E-state index is -0.505. The van der Waals surface area contributed by atoms with Crippen molar-refractivity contribution in [1.29, 1.82) is 0 Å². The molecule has 1 aromatic rings. The van der Waals surface area contributed by atoms with Gasteiger partial charge in [-0.3, -0.25) is 4.79 Å². The van der Waals surface area contributed by atoms with E-state index < -0.39 is 5.60 Å². The zero-order valence-electron chi connectivity index (χ0n) is 15.2. The van der Waals surface area contributed by atoms with E-state index >= 15 is 0 Å². The van der Waals surface area contributed by atoms with Gasteiger partial charge >= 0.3 is 6.09 Å². The van der Waals surface area contributed by atoms with Crippen LogP contribution in [0, 0.1) is 0 Å². The number of piperidine rings is 1. The van der Waals surface area contributed by atoms with Crippen LogP contribution in [0.3, 0.4) is 0 Å². The molecule has 26 heavy (non-hydrogen) atoms. The first-order valence-corrected chi connectivity index (χ1v) is 9.31. The van der Waals surface area contributed by atoms with Crippen molar-refractivity contribution in [3.05, 3.63) is 39.9 Å². The molecule has 0 aromatic heterocycles. The van der Waals surface area contributed by atoms with E-state index in [0.717, 1.165) is 0 Å². The molecular formula is C19H24Cl2N2O3. The molecule has 1 saturated heterocycles. The standard InChI is InChI=1S/C19H24Cl2N2O3/c1-19(2,3)26-18(25)23-10-8-15(9-11-23)22-17(24)7-4-13-12-14(20)5-6-16(13)21/h4-7,12,15H,8-11H2,1-3H3,(H,22,24)/b7-4+. The van der Waals surface area contributed by atoms with Crippen LogP contribution in [0.1, 0.15) is 39.2 Å². The molecule has 0 aliphatic carbocycles. The summed E-state index contributed by atoms with van der Waals surface area (Å²) in [5, 5.41) is 4.04. The molecule has 0 radical (unpaired) electrons. The Balaban J connectivity index is 1.82. The number of likely N-dealkylation sites (tertiary alicyclic amines) is 1. The van der Waals surface area contributed by atoms with E-state index in [-0.39, 0.29) is 18.0 Å². The lowest BCUT2D eigenvalue weighted by molar-refractivity contribution is -0.117. The molecule has 1 aromatic carbocycles. The van der Waals surface area contributed by atoms with Crippen LogP contribution in [0.5, 0.6) is 0 Å². The number of hydrogen-bond donors (Lipinski definition) is 1. The van der Waals surface area contributed by atoms with Crippen molar-refractivity contribution in [1.82, 2.24) is 10.2 Å². The molecule has 2 rings (SSSR count). The average Bonchev–Trinajstić information content (AvgIpc) is 2.55. The number of nitrogens with zero attached hydrogens (tertiary/aromatic N) is 1. The molecule has 0 spiro atoms. The molecule has 1 aliphatic heterocycles. The van der Waals surface area contributed by atoms with E-state index in [9.17, 15) is 9.59 Å². The number of rotatable bonds is 3. The number of benzene rings is 1. The second-order valence-electron chi connectivity index (χ2n) is 7.25. The largest absolute Gasteiger partial charge is 0.444 e. The van der Waals surface area contributed by atoms with E-state index in [1.54, 1.807) is 29.2 Å². The fourth-order valence-electron chi connectivity index (χ4n) is 2.59. The Kier molecular flexibility index (Phi) is 6.95. The number of carbonyl (C=O) groups is 2. The summed E-state index contributed by atoms with van der Waals surface area (Å²) in [4.78, 5) is 25.8. The maximum atomic E-state index is 12.1. The molecule has 0 bridgehead atoms. The van der Waals surface area contributed by atoms with Crippen LogP contribution in [0.15, 0.2) is 24.3 Å². The third kappa shape index (κ3) is 6.54. The quantitative estimate of drug-likeness (QED) is 0.761. The van der Waals surface area contributed by atoms with Crippen LogP contribution in [-0.2, 0) is 9.53 Å².